The van der Waals surface area contributed by atoms with Crippen LogP contribution in [0, 0.1) is 0 Å². The van der Waals surface area contributed by atoms with Crippen molar-refractivity contribution in [3.63, 3.8) is 0 Å². The predicted octanol–water partition coefficient (Wildman–Crippen LogP) is 2.86. The van der Waals surface area contributed by atoms with Crippen molar-refractivity contribution in [2.45, 2.75) is 17.7 Å². The number of benzene rings is 1. The van der Waals surface area contributed by atoms with Gasteiger partial charge < -0.3 is 4.90 Å². The number of hydrogen-bond donors (Lipinski definition) is 0. The van der Waals surface area contributed by atoms with Crippen LogP contribution in [-0.4, -0.2) is 23.1 Å². The Bertz CT molecular complexity index is 433. The first kappa shape index (κ1) is 10.5. The van der Waals surface area contributed by atoms with Gasteiger partial charge in [-0.1, -0.05) is 23.7 Å². The second-order valence-electron chi connectivity index (χ2n) is 4.19. The smallest absolute Gasteiger partial charge is 0.224 e. The Morgan fingerprint density at radius 1 is 1.31 bits per heavy atom. The molecule has 4 heteroatoms. The van der Waals surface area contributed by atoms with Crippen LogP contribution in [0.4, 0.5) is 0 Å². The van der Waals surface area contributed by atoms with Gasteiger partial charge in [0.2, 0.25) is 5.91 Å². The standard InChI is InChI=1S/C12H12ClNOS/c13-10-3-1-9(2-4-10)12-6-5-11(15)14(12)7-8-16-12/h1-4H,5-8H2/t12-/m0/s1. The Morgan fingerprint density at radius 3 is 2.81 bits per heavy atom. The van der Waals surface area contributed by atoms with Crippen LogP contribution in [-0.2, 0) is 9.67 Å². The summed E-state index contributed by atoms with van der Waals surface area (Å²) < 4.78 is 0. The Labute approximate surface area is 104 Å². The number of halogens is 1. The molecule has 3 rings (SSSR count). The first-order valence-corrected chi connectivity index (χ1v) is 6.79. The molecule has 0 N–H and O–H groups in total. The maximum absolute atomic E-state index is 11.8. The molecule has 0 aromatic heterocycles. The Morgan fingerprint density at radius 2 is 2.06 bits per heavy atom. The fraction of sp³-hybridized carbons (Fsp3) is 0.417. The van der Waals surface area contributed by atoms with E-state index in [1.54, 1.807) is 0 Å². The zero-order chi connectivity index (χ0) is 11.2. The summed E-state index contributed by atoms with van der Waals surface area (Å²) in [5.74, 6) is 1.33. The number of fused-ring (bicyclic) bond motifs is 1. The van der Waals surface area contributed by atoms with E-state index < -0.39 is 0 Å². The number of thioether (sulfide) groups is 1. The first-order valence-electron chi connectivity index (χ1n) is 5.43. The minimum atomic E-state index is -0.0956. The van der Waals surface area contributed by atoms with Crippen molar-refractivity contribution >= 4 is 29.3 Å². The van der Waals surface area contributed by atoms with Gasteiger partial charge in [0, 0.05) is 23.7 Å². The van der Waals surface area contributed by atoms with Crippen LogP contribution in [0.25, 0.3) is 0 Å². The quantitative estimate of drug-likeness (QED) is 0.767. The topological polar surface area (TPSA) is 20.3 Å². The average molecular weight is 254 g/mol. The third-order valence-electron chi connectivity index (χ3n) is 3.37. The van der Waals surface area contributed by atoms with Gasteiger partial charge in [-0.15, -0.1) is 11.8 Å². The zero-order valence-electron chi connectivity index (χ0n) is 8.78. The molecule has 2 saturated heterocycles. The summed E-state index contributed by atoms with van der Waals surface area (Å²) in [4.78, 5) is 13.7. The van der Waals surface area contributed by atoms with Gasteiger partial charge in [0.05, 0.1) is 0 Å². The molecule has 0 aliphatic carbocycles. The van der Waals surface area contributed by atoms with Crippen molar-refractivity contribution in [3.05, 3.63) is 34.9 Å². The van der Waals surface area contributed by atoms with E-state index in [4.69, 9.17) is 11.6 Å². The normalized spacial score (nSPS) is 28.6. The highest BCUT2D eigenvalue weighted by molar-refractivity contribution is 8.00. The minimum absolute atomic E-state index is 0.0956. The van der Waals surface area contributed by atoms with Crippen LogP contribution in [0.5, 0.6) is 0 Å². The molecule has 1 atom stereocenters. The van der Waals surface area contributed by atoms with Crippen molar-refractivity contribution < 1.29 is 4.79 Å². The summed E-state index contributed by atoms with van der Waals surface area (Å²) in [5.41, 5.74) is 1.21. The summed E-state index contributed by atoms with van der Waals surface area (Å²) in [6.07, 6.45) is 1.60. The minimum Gasteiger partial charge on any atom is -0.323 e. The molecule has 0 saturated carbocycles. The van der Waals surface area contributed by atoms with Crippen molar-refractivity contribution in [2.24, 2.45) is 0 Å². The molecule has 0 spiro atoms. The summed E-state index contributed by atoms with van der Waals surface area (Å²) >= 11 is 7.79. The summed E-state index contributed by atoms with van der Waals surface area (Å²) in [7, 11) is 0. The first-order chi connectivity index (χ1) is 7.72. The number of carbonyl (C=O) groups is 1. The molecule has 2 heterocycles. The summed E-state index contributed by atoms with van der Waals surface area (Å²) in [5, 5.41) is 0.749. The maximum atomic E-state index is 11.8. The molecule has 0 bridgehead atoms. The molecule has 1 aromatic rings. The van der Waals surface area contributed by atoms with Crippen molar-refractivity contribution in [3.8, 4) is 0 Å². The molecule has 16 heavy (non-hydrogen) atoms. The summed E-state index contributed by atoms with van der Waals surface area (Å²) in [6, 6.07) is 7.91. The van der Waals surface area contributed by atoms with Crippen molar-refractivity contribution in [1.29, 1.82) is 0 Å². The Balaban J connectivity index is 2.04. The van der Waals surface area contributed by atoms with E-state index in [9.17, 15) is 4.79 Å². The van der Waals surface area contributed by atoms with Gasteiger partial charge in [-0.2, -0.15) is 0 Å². The van der Waals surface area contributed by atoms with E-state index in [0.717, 1.165) is 23.7 Å². The third-order valence-corrected chi connectivity index (χ3v) is 5.14. The molecule has 2 aliphatic rings. The molecule has 1 aromatic carbocycles. The van der Waals surface area contributed by atoms with E-state index >= 15 is 0 Å². The maximum Gasteiger partial charge on any atom is 0.224 e. The molecule has 0 unspecified atom stereocenters. The molecule has 2 nitrogen and oxygen atoms in total. The lowest BCUT2D eigenvalue weighted by Gasteiger charge is -2.31. The Hall–Kier alpha value is -0.670. The van der Waals surface area contributed by atoms with Crippen LogP contribution in [0.3, 0.4) is 0 Å². The van der Waals surface area contributed by atoms with Crippen LogP contribution in [0.1, 0.15) is 18.4 Å². The zero-order valence-corrected chi connectivity index (χ0v) is 10.4. The molecule has 2 aliphatic heterocycles. The van der Waals surface area contributed by atoms with Gasteiger partial charge in [0.15, 0.2) is 0 Å². The lowest BCUT2D eigenvalue weighted by molar-refractivity contribution is -0.128. The van der Waals surface area contributed by atoms with Gasteiger partial charge in [0.25, 0.3) is 0 Å². The number of nitrogens with zero attached hydrogens (tertiary/aromatic N) is 1. The number of rotatable bonds is 1. The SMILES string of the molecule is O=C1CC[C@@]2(c3ccc(Cl)cc3)SCCN12. The second kappa shape index (κ2) is 3.67. The lowest BCUT2D eigenvalue weighted by atomic mass is 10.0. The third kappa shape index (κ3) is 1.38. The van der Waals surface area contributed by atoms with E-state index in [0.29, 0.717) is 12.3 Å². The van der Waals surface area contributed by atoms with Gasteiger partial charge in [-0.25, -0.2) is 0 Å². The van der Waals surface area contributed by atoms with Crippen molar-refractivity contribution in [2.75, 3.05) is 12.3 Å². The molecule has 84 valence electrons. The molecule has 1 amide bonds. The highest BCUT2D eigenvalue weighted by Gasteiger charge is 2.50. The monoisotopic (exact) mass is 253 g/mol. The van der Waals surface area contributed by atoms with Gasteiger partial charge in [0.1, 0.15) is 4.87 Å². The van der Waals surface area contributed by atoms with E-state index in [1.165, 1.54) is 5.56 Å². The average Bonchev–Trinajstić information content (AvgIpc) is 2.82. The largest absolute Gasteiger partial charge is 0.323 e. The highest BCUT2D eigenvalue weighted by atomic mass is 35.5. The van der Waals surface area contributed by atoms with Gasteiger partial charge in [-0.3, -0.25) is 4.79 Å². The van der Waals surface area contributed by atoms with E-state index in [2.05, 4.69) is 0 Å². The van der Waals surface area contributed by atoms with Gasteiger partial charge in [-0.05, 0) is 24.1 Å². The second-order valence-corrected chi connectivity index (χ2v) is 5.99. The fourth-order valence-corrected chi connectivity index (χ4v) is 4.24. The Kier molecular flexibility index (Phi) is 2.41. The fourth-order valence-electron chi connectivity index (χ4n) is 2.60. The predicted molar refractivity (Wildman–Crippen MR) is 66.5 cm³/mol. The molecule has 2 fully saturated rings. The van der Waals surface area contributed by atoms with Crippen LogP contribution >= 0.6 is 23.4 Å². The van der Waals surface area contributed by atoms with Gasteiger partial charge >= 0.3 is 0 Å². The highest BCUT2D eigenvalue weighted by Crippen LogP contribution is 2.52. The van der Waals surface area contributed by atoms with Crippen molar-refractivity contribution in [1.82, 2.24) is 4.90 Å². The molecular formula is C12H12ClNOS. The van der Waals surface area contributed by atoms with E-state index in [-0.39, 0.29) is 4.87 Å². The van der Waals surface area contributed by atoms with Crippen LogP contribution in [0.2, 0.25) is 5.02 Å². The lowest BCUT2D eigenvalue weighted by Crippen LogP contribution is -2.36. The van der Waals surface area contributed by atoms with E-state index in [1.807, 2.05) is 40.9 Å². The van der Waals surface area contributed by atoms with Crippen LogP contribution in [0.15, 0.2) is 24.3 Å². The van der Waals surface area contributed by atoms with Crippen LogP contribution < -0.4 is 0 Å². The number of hydrogen-bond acceptors (Lipinski definition) is 2. The molecule has 0 radical (unpaired) electrons. The number of amides is 1. The summed E-state index contributed by atoms with van der Waals surface area (Å²) in [6.45, 7) is 0.881. The molecular weight excluding hydrogens is 242 g/mol. The number of carbonyl (C=O) groups excluding carboxylic acids is 1.